The van der Waals surface area contributed by atoms with Crippen LogP contribution in [0.3, 0.4) is 0 Å². The van der Waals surface area contributed by atoms with E-state index >= 15 is 0 Å². The van der Waals surface area contributed by atoms with Gasteiger partial charge in [0.25, 0.3) is 10.1 Å². The summed E-state index contributed by atoms with van der Waals surface area (Å²) in [6.45, 7) is 1.91. The van der Waals surface area contributed by atoms with Gasteiger partial charge in [0.2, 0.25) is 0 Å². The van der Waals surface area contributed by atoms with Gasteiger partial charge in [-0.25, -0.2) is 0 Å². The van der Waals surface area contributed by atoms with Gasteiger partial charge in [-0.05, 0) is 12.0 Å². The van der Waals surface area contributed by atoms with Gasteiger partial charge in [-0.15, -0.1) is 0 Å². The second-order valence-corrected chi connectivity index (χ2v) is 6.99. The van der Waals surface area contributed by atoms with Gasteiger partial charge < -0.3 is 10.1 Å². The molecule has 2 unspecified atom stereocenters. The van der Waals surface area contributed by atoms with Gasteiger partial charge in [0.15, 0.2) is 5.25 Å². The number of hydrogen-bond donors (Lipinski definition) is 2. The summed E-state index contributed by atoms with van der Waals surface area (Å²) in [5.41, 5.74) is 1.02. The first-order chi connectivity index (χ1) is 10.9. The quantitative estimate of drug-likeness (QED) is 0.385. The topological polar surface area (TPSA) is 92.7 Å². The zero-order chi connectivity index (χ0) is 17.3. The minimum Gasteiger partial charge on any atom is -0.468 e. The van der Waals surface area contributed by atoms with E-state index in [1.54, 1.807) is 0 Å². The SMILES string of the molecule is CCCCCC(NCC(C(=O)OC)S(=O)(=O)O)c1ccccc1. The molecule has 130 valence electrons. The molecule has 1 rings (SSSR count). The van der Waals surface area contributed by atoms with E-state index in [2.05, 4.69) is 17.0 Å². The van der Waals surface area contributed by atoms with Crippen LogP contribution in [0.5, 0.6) is 0 Å². The molecule has 23 heavy (non-hydrogen) atoms. The van der Waals surface area contributed by atoms with Gasteiger partial charge in [0.1, 0.15) is 0 Å². The number of carbonyl (C=O) groups excluding carboxylic acids is 1. The van der Waals surface area contributed by atoms with Gasteiger partial charge in [-0.3, -0.25) is 9.35 Å². The number of hydrogen-bond acceptors (Lipinski definition) is 5. The largest absolute Gasteiger partial charge is 0.468 e. The standard InChI is InChI=1S/C16H25NO5S/c1-3-4-6-11-14(13-9-7-5-8-10-13)17-12-15(16(18)22-2)23(19,20)21/h5,7-10,14-15,17H,3-4,6,11-12H2,1-2H3,(H,19,20,21). The van der Waals surface area contributed by atoms with Crippen molar-refractivity contribution in [1.82, 2.24) is 5.32 Å². The molecule has 0 spiro atoms. The molecular formula is C16H25NO5S. The van der Waals surface area contributed by atoms with Crippen molar-refractivity contribution in [2.75, 3.05) is 13.7 Å². The third kappa shape index (κ3) is 6.68. The Balaban J connectivity index is 2.81. The number of carbonyl (C=O) groups is 1. The van der Waals surface area contributed by atoms with Crippen LogP contribution in [0, 0.1) is 0 Å². The van der Waals surface area contributed by atoms with E-state index in [0.29, 0.717) is 0 Å². The van der Waals surface area contributed by atoms with Crippen molar-refractivity contribution >= 4 is 16.1 Å². The van der Waals surface area contributed by atoms with E-state index in [1.807, 2.05) is 30.3 Å². The summed E-state index contributed by atoms with van der Waals surface area (Å²) in [5.74, 6) is -0.972. The lowest BCUT2D eigenvalue weighted by Crippen LogP contribution is -2.41. The van der Waals surface area contributed by atoms with Gasteiger partial charge in [-0.1, -0.05) is 56.5 Å². The molecule has 0 fully saturated rings. The Morgan fingerprint density at radius 1 is 1.26 bits per heavy atom. The maximum atomic E-state index is 11.6. The summed E-state index contributed by atoms with van der Waals surface area (Å²) >= 11 is 0. The van der Waals surface area contributed by atoms with Crippen LogP contribution in [-0.2, 0) is 19.6 Å². The number of esters is 1. The van der Waals surface area contributed by atoms with Gasteiger partial charge in [0.05, 0.1) is 7.11 Å². The summed E-state index contributed by atoms with van der Waals surface area (Å²) in [4.78, 5) is 11.6. The first-order valence-electron chi connectivity index (χ1n) is 7.72. The molecule has 0 saturated carbocycles. The maximum Gasteiger partial charge on any atom is 0.327 e. The molecule has 2 atom stereocenters. The van der Waals surface area contributed by atoms with Crippen molar-refractivity contribution in [3.8, 4) is 0 Å². The molecule has 0 aliphatic heterocycles. The minimum absolute atomic E-state index is 0.0864. The fourth-order valence-electron chi connectivity index (χ4n) is 2.36. The number of methoxy groups -OCH3 is 1. The highest BCUT2D eigenvalue weighted by Gasteiger charge is 2.32. The molecular weight excluding hydrogens is 318 g/mol. The number of ether oxygens (including phenoxy) is 1. The smallest absolute Gasteiger partial charge is 0.327 e. The van der Waals surface area contributed by atoms with Crippen molar-refractivity contribution in [2.24, 2.45) is 0 Å². The lowest BCUT2D eigenvalue weighted by atomic mass is 10.0. The number of rotatable bonds is 10. The van der Waals surface area contributed by atoms with Gasteiger partial charge in [-0.2, -0.15) is 8.42 Å². The molecule has 2 N–H and O–H groups in total. The van der Waals surface area contributed by atoms with E-state index in [9.17, 15) is 17.8 Å². The van der Waals surface area contributed by atoms with Crippen molar-refractivity contribution < 1.29 is 22.5 Å². The monoisotopic (exact) mass is 343 g/mol. The van der Waals surface area contributed by atoms with Crippen LogP contribution in [0.2, 0.25) is 0 Å². The second-order valence-electron chi connectivity index (χ2n) is 5.39. The van der Waals surface area contributed by atoms with E-state index < -0.39 is 21.3 Å². The molecule has 0 amide bonds. The lowest BCUT2D eigenvalue weighted by molar-refractivity contribution is -0.140. The number of nitrogens with one attached hydrogen (secondary N) is 1. The van der Waals surface area contributed by atoms with Crippen LogP contribution in [-0.4, -0.2) is 37.8 Å². The summed E-state index contributed by atoms with van der Waals surface area (Å²) in [7, 11) is -3.42. The summed E-state index contributed by atoms with van der Waals surface area (Å²) in [5, 5.41) is 1.46. The molecule has 0 aliphatic carbocycles. The average molecular weight is 343 g/mol. The molecule has 0 bridgehead atoms. The Hall–Kier alpha value is -1.44. The van der Waals surface area contributed by atoms with Crippen LogP contribution in [0.4, 0.5) is 0 Å². The van der Waals surface area contributed by atoms with Crippen LogP contribution in [0.1, 0.15) is 44.2 Å². The van der Waals surface area contributed by atoms with Crippen molar-refractivity contribution in [3.63, 3.8) is 0 Å². The molecule has 0 aliphatic rings. The van der Waals surface area contributed by atoms with E-state index in [1.165, 1.54) is 0 Å². The zero-order valence-electron chi connectivity index (χ0n) is 13.6. The van der Waals surface area contributed by atoms with Crippen LogP contribution in [0.25, 0.3) is 0 Å². The Labute approximate surface area is 138 Å². The summed E-state index contributed by atoms with van der Waals surface area (Å²) in [6.07, 6.45) is 3.95. The average Bonchev–Trinajstić information content (AvgIpc) is 2.52. The van der Waals surface area contributed by atoms with Crippen molar-refractivity contribution in [3.05, 3.63) is 35.9 Å². The summed E-state index contributed by atoms with van der Waals surface area (Å²) < 4.78 is 36.4. The first kappa shape index (κ1) is 19.6. The fourth-order valence-corrected chi connectivity index (χ4v) is 3.01. The van der Waals surface area contributed by atoms with E-state index in [-0.39, 0.29) is 12.6 Å². The normalized spacial score (nSPS) is 14.2. The molecule has 1 aromatic carbocycles. The minimum atomic E-state index is -4.52. The molecule has 1 aromatic rings. The third-order valence-corrected chi connectivity index (χ3v) is 4.75. The van der Waals surface area contributed by atoms with Crippen molar-refractivity contribution in [2.45, 2.75) is 43.9 Å². The molecule has 7 heteroatoms. The Morgan fingerprint density at radius 2 is 1.91 bits per heavy atom. The van der Waals surface area contributed by atoms with E-state index in [0.717, 1.165) is 38.4 Å². The molecule has 0 heterocycles. The van der Waals surface area contributed by atoms with Crippen molar-refractivity contribution in [1.29, 1.82) is 0 Å². The van der Waals surface area contributed by atoms with Gasteiger partial charge in [0, 0.05) is 12.6 Å². The Bertz CT molecular complexity index is 573. The Kier molecular flexibility index (Phi) is 8.22. The summed E-state index contributed by atoms with van der Waals surface area (Å²) in [6, 6.07) is 9.53. The highest BCUT2D eigenvalue weighted by molar-refractivity contribution is 7.87. The van der Waals surface area contributed by atoms with Crippen LogP contribution in [0.15, 0.2) is 30.3 Å². The Morgan fingerprint density at radius 3 is 2.43 bits per heavy atom. The van der Waals surface area contributed by atoms with Crippen LogP contribution >= 0.6 is 0 Å². The maximum absolute atomic E-state index is 11.6. The highest BCUT2D eigenvalue weighted by atomic mass is 32.2. The number of benzene rings is 1. The highest BCUT2D eigenvalue weighted by Crippen LogP contribution is 2.20. The molecule has 0 radical (unpaired) electrons. The third-order valence-electron chi connectivity index (χ3n) is 3.67. The first-order valence-corrected chi connectivity index (χ1v) is 9.23. The molecule has 6 nitrogen and oxygen atoms in total. The second kappa shape index (κ2) is 9.64. The van der Waals surface area contributed by atoms with Crippen LogP contribution < -0.4 is 5.32 Å². The predicted molar refractivity (Wildman–Crippen MR) is 88.7 cm³/mol. The molecule has 0 aromatic heterocycles. The zero-order valence-corrected chi connectivity index (χ0v) is 14.4. The number of unbranched alkanes of at least 4 members (excludes halogenated alkanes) is 2. The molecule has 0 saturated heterocycles. The predicted octanol–water partition coefficient (Wildman–Crippen LogP) is 2.33. The fraction of sp³-hybridized carbons (Fsp3) is 0.562. The lowest BCUT2D eigenvalue weighted by Gasteiger charge is -2.21. The van der Waals surface area contributed by atoms with Gasteiger partial charge >= 0.3 is 5.97 Å². The van der Waals surface area contributed by atoms with E-state index in [4.69, 9.17) is 0 Å².